The molecular formula is C18H22Cl2N2O3. The molecule has 1 aromatic carbocycles. The molecule has 1 fully saturated rings. The summed E-state index contributed by atoms with van der Waals surface area (Å²) < 4.78 is 5.29. The van der Waals surface area contributed by atoms with Crippen molar-refractivity contribution in [2.45, 2.75) is 25.4 Å². The van der Waals surface area contributed by atoms with E-state index in [1.807, 2.05) is 18.2 Å². The normalized spacial score (nSPS) is 23.8. The number of halogens is 2. The monoisotopic (exact) mass is 384 g/mol. The van der Waals surface area contributed by atoms with Crippen molar-refractivity contribution in [2.24, 2.45) is 5.41 Å². The zero-order valence-electron chi connectivity index (χ0n) is 14.1. The Morgan fingerprint density at radius 3 is 2.92 bits per heavy atom. The van der Waals surface area contributed by atoms with Crippen LogP contribution in [0.15, 0.2) is 23.2 Å². The van der Waals surface area contributed by atoms with Gasteiger partial charge in [0.1, 0.15) is 5.75 Å². The standard InChI is InChI=1S/C18H22Cl2N2O3/c1-25-11-2-3-14-12(8-11)16(13(19)9-22-14)15(23)4-5-18(17(20)24)6-7-21-10-18/h2-3,8,15,21-23H,4-7,9-10H2,1H3. The van der Waals surface area contributed by atoms with Gasteiger partial charge >= 0.3 is 0 Å². The summed E-state index contributed by atoms with van der Waals surface area (Å²) >= 11 is 12.2. The van der Waals surface area contributed by atoms with E-state index in [2.05, 4.69) is 10.6 Å². The Morgan fingerprint density at radius 2 is 2.28 bits per heavy atom. The van der Waals surface area contributed by atoms with Crippen molar-refractivity contribution in [3.8, 4) is 5.75 Å². The summed E-state index contributed by atoms with van der Waals surface area (Å²) in [7, 11) is 1.60. The third kappa shape index (κ3) is 3.65. The van der Waals surface area contributed by atoms with Gasteiger partial charge in [0.2, 0.25) is 5.24 Å². The maximum absolute atomic E-state index is 11.9. The second kappa shape index (κ2) is 7.54. The predicted molar refractivity (Wildman–Crippen MR) is 100 cm³/mol. The molecule has 0 aliphatic carbocycles. The van der Waals surface area contributed by atoms with Crippen LogP contribution in [-0.4, -0.2) is 43.2 Å². The molecule has 3 N–H and O–H groups in total. The lowest BCUT2D eigenvalue weighted by atomic mass is 9.81. The minimum Gasteiger partial charge on any atom is -0.497 e. The van der Waals surface area contributed by atoms with Crippen LogP contribution >= 0.6 is 23.2 Å². The van der Waals surface area contributed by atoms with Crippen molar-refractivity contribution in [3.05, 3.63) is 28.8 Å². The minimum absolute atomic E-state index is 0.336. The number of nitrogens with one attached hydrogen (secondary N) is 2. The van der Waals surface area contributed by atoms with Crippen LogP contribution < -0.4 is 15.4 Å². The zero-order valence-corrected chi connectivity index (χ0v) is 15.6. The number of anilines is 1. The molecule has 2 heterocycles. The van der Waals surface area contributed by atoms with Crippen LogP contribution in [0.2, 0.25) is 0 Å². The van der Waals surface area contributed by atoms with Gasteiger partial charge in [0.05, 0.1) is 25.2 Å². The van der Waals surface area contributed by atoms with Gasteiger partial charge < -0.3 is 20.5 Å². The molecule has 136 valence electrons. The molecule has 0 amide bonds. The number of aliphatic hydroxyl groups is 1. The average molecular weight is 385 g/mol. The first-order valence-electron chi connectivity index (χ1n) is 8.36. The lowest BCUT2D eigenvalue weighted by Gasteiger charge is -2.29. The molecule has 2 aliphatic heterocycles. The maximum Gasteiger partial charge on any atom is 0.229 e. The van der Waals surface area contributed by atoms with E-state index in [0.717, 1.165) is 17.8 Å². The van der Waals surface area contributed by atoms with E-state index in [4.69, 9.17) is 27.9 Å². The Morgan fingerprint density at radius 1 is 1.48 bits per heavy atom. The fourth-order valence-corrected chi connectivity index (χ4v) is 4.13. The first-order chi connectivity index (χ1) is 12.0. The quantitative estimate of drug-likeness (QED) is 0.657. The van der Waals surface area contributed by atoms with E-state index in [1.54, 1.807) is 7.11 Å². The summed E-state index contributed by atoms with van der Waals surface area (Å²) in [6, 6.07) is 5.64. The number of ether oxygens (including phenoxy) is 1. The summed E-state index contributed by atoms with van der Waals surface area (Å²) in [6.07, 6.45) is 0.862. The fraction of sp³-hybridized carbons (Fsp3) is 0.500. The third-order valence-corrected chi connectivity index (χ3v) is 5.87. The Bertz CT molecular complexity index is 700. The molecule has 5 nitrogen and oxygen atoms in total. The van der Waals surface area contributed by atoms with Crippen molar-refractivity contribution in [2.75, 3.05) is 32.1 Å². The molecule has 2 atom stereocenters. The van der Waals surface area contributed by atoms with Crippen LogP contribution in [0.5, 0.6) is 5.75 Å². The summed E-state index contributed by atoms with van der Waals surface area (Å²) in [4.78, 5) is 11.9. The number of fused-ring (bicyclic) bond motifs is 1. The van der Waals surface area contributed by atoms with Gasteiger partial charge in [-0.3, -0.25) is 4.79 Å². The minimum atomic E-state index is -0.769. The van der Waals surface area contributed by atoms with Gasteiger partial charge in [0.25, 0.3) is 0 Å². The topological polar surface area (TPSA) is 70.6 Å². The van der Waals surface area contributed by atoms with Crippen molar-refractivity contribution >= 4 is 39.7 Å². The second-order valence-electron chi connectivity index (χ2n) is 6.62. The number of methoxy groups -OCH3 is 1. The van der Waals surface area contributed by atoms with E-state index >= 15 is 0 Å². The number of rotatable bonds is 6. The lowest BCUT2D eigenvalue weighted by molar-refractivity contribution is -0.120. The molecule has 3 rings (SSSR count). The average Bonchev–Trinajstić information content (AvgIpc) is 3.09. The highest BCUT2D eigenvalue weighted by atomic mass is 35.5. The number of benzene rings is 1. The van der Waals surface area contributed by atoms with E-state index in [-0.39, 0.29) is 5.24 Å². The van der Waals surface area contributed by atoms with Gasteiger partial charge in [0, 0.05) is 28.4 Å². The molecule has 25 heavy (non-hydrogen) atoms. The Hall–Kier alpha value is -1.27. The highest BCUT2D eigenvalue weighted by Crippen LogP contribution is 2.40. The molecule has 0 spiro atoms. The molecule has 0 aromatic heterocycles. The van der Waals surface area contributed by atoms with E-state index in [0.29, 0.717) is 48.7 Å². The van der Waals surface area contributed by atoms with Crippen molar-refractivity contribution in [1.29, 1.82) is 0 Å². The summed E-state index contributed by atoms with van der Waals surface area (Å²) in [5.74, 6) is 0.698. The molecule has 0 bridgehead atoms. The first-order valence-corrected chi connectivity index (χ1v) is 9.12. The Kier molecular flexibility index (Phi) is 5.58. The van der Waals surface area contributed by atoms with Crippen LogP contribution in [0.4, 0.5) is 5.69 Å². The van der Waals surface area contributed by atoms with E-state index in [1.165, 1.54) is 0 Å². The zero-order chi connectivity index (χ0) is 18.0. The predicted octanol–water partition coefficient (Wildman–Crippen LogP) is 2.96. The van der Waals surface area contributed by atoms with Crippen LogP contribution in [0, 0.1) is 5.41 Å². The highest BCUT2D eigenvalue weighted by Gasteiger charge is 2.40. The Labute approximate surface area is 157 Å². The largest absolute Gasteiger partial charge is 0.497 e. The molecule has 0 saturated carbocycles. The van der Waals surface area contributed by atoms with Crippen molar-refractivity contribution in [3.63, 3.8) is 0 Å². The first kappa shape index (κ1) is 18.5. The van der Waals surface area contributed by atoms with Crippen LogP contribution in [-0.2, 0) is 4.79 Å². The maximum atomic E-state index is 11.9. The summed E-state index contributed by atoms with van der Waals surface area (Å²) in [5, 5.41) is 17.5. The van der Waals surface area contributed by atoms with Crippen molar-refractivity contribution < 1.29 is 14.6 Å². The number of carbonyl (C=O) groups excluding carboxylic acids is 1. The number of hydrogen-bond donors (Lipinski definition) is 3. The van der Waals surface area contributed by atoms with Gasteiger partial charge in [0.15, 0.2) is 0 Å². The Balaban J connectivity index is 1.82. The van der Waals surface area contributed by atoms with Gasteiger partial charge in [-0.25, -0.2) is 0 Å². The fourth-order valence-electron chi connectivity index (χ4n) is 3.58. The van der Waals surface area contributed by atoms with Gasteiger partial charge in [-0.05, 0) is 55.6 Å². The third-order valence-electron chi connectivity index (χ3n) is 5.13. The van der Waals surface area contributed by atoms with Gasteiger partial charge in [-0.1, -0.05) is 11.6 Å². The smallest absolute Gasteiger partial charge is 0.229 e. The van der Waals surface area contributed by atoms with Gasteiger partial charge in [-0.15, -0.1) is 0 Å². The molecule has 1 saturated heterocycles. The van der Waals surface area contributed by atoms with E-state index in [9.17, 15) is 9.90 Å². The lowest BCUT2D eigenvalue weighted by Crippen LogP contribution is -2.32. The molecular weight excluding hydrogens is 363 g/mol. The number of aliphatic hydroxyl groups excluding tert-OH is 1. The molecule has 1 aromatic rings. The second-order valence-corrected chi connectivity index (χ2v) is 7.42. The van der Waals surface area contributed by atoms with Crippen LogP contribution in [0.3, 0.4) is 0 Å². The summed E-state index contributed by atoms with van der Waals surface area (Å²) in [6.45, 7) is 1.79. The number of carbonyl (C=O) groups is 1. The highest BCUT2D eigenvalue weighted by molar-refractivity contribution is 6.64. The van der Waals surface area contributed by atoms with Crippen molar-refractivity contribution in [1.82, 2.24) is 5.32 Å². The SMILES string of the molecule is COc1ccc2c(c1)C(C(O)CCC1(C(=O)Cl)CCNC1)=C(Cl)CN2. The molecule has 0 radical (unpaired) electrons. The molecule has 2 aliphatic rings. The summed E-state index contributed by atoms with van der Waals surface area (Å²) in [5.41, 5.74) is 1.83. The van der Waals surface area contributed by atoms with Gasteiger partial charge in [-0.2, -0.15) is 0 Å². The van der Waals surface area contributed by atoms with Crippen LogP contribution in [0.1, 0.15) is 24.8 Å². The molecule has 2 unspecified atom stereocenters. The van der Waals surface area contributed by atoms with E-state index < -0.39 is 11.5 Å². The van der Waals surface area contributed by atoms with Crippen LogP contribution in [0.25, 0.3) is 5.57 Å². The molecule has 7 heteroatoms. The number of hydrogen-bond acceptors (Lipinski definition) is 5.